The Labute approximate surface area is 408 Å². The lowest BCUT2D eigenvalue weighted by Gasteiger charge is -1.93. The lowest BCUT2D eigenvalue weighted by molar-refractivity contribution is 0.531. The lowest BCUT2D eigenvalue weighted by atomic mass is 15.9. The van der Waals surface area contributed by atoms with E-state index in [9.17, 15) is 147 Å². The summed E-state index contributed by atoms with van der Waals surface area (Å²) in [5.74, 6) is 0. The molecule has 0 unspecified atom stereocenters. The first-order valence-electron chi connectivity index (χ1n) is 15.0. The summed E-state index contributed by atoms with van der Waals surface area (Å²) in [7, 11) is -141. The van der Waals surface area contributed by atoms with E-state index in [1.165, 1.54) is 0 Å². The summed E-state index contributed by atoms with van der Waals surface area (Å²) in [6.07, 6.45) is 0. The molecule has 0 aromatic heterocycles. The van der Waals surface area contributed by atoms with Gasteiger partial charge in [-0.15, -0.1) is 0 Å². The maximum atomic E-state index is 12.7. The summed E-state index contributed by atoms with van der Waals surface area (Å²) in [6.45, 7) is 0. The molecule has 0 rings (SSSR count). The Hall–Kier alpha value is 0.774. The fourth-order valence-corrected chi connectivity index (χ4v) is 371. The second-order valence-corrected chi connectivity index (χ2v) is 168. The van der Waals surface area contributed by atoms with Crippen LogP contribution in [-0.4, -0.2) is 266 Å². The van der Waals surface area contributed by atoms with Gasteiger partial charge >= 0.3 is 256 Å². The molecule has 0 heterocycles. The van der Waals surface area contributed by atoms with E-state index in [0.717, 1.165) is 0 Å². The molecular formula is O33Si34. The Bertz CT molecular complexity index is 2900. The van der Waals surface area contributed by atoms with Crippen LogP contribution in [0.2, 0.25) is 0 Å². The van der Waals surface area contributed by atoms with Gasteiger partial charge in [0.25, 0.3) is 0 Å². The summed E-state index contributed by atoms with van der Waals surface area (Å²) >= 11 is 0. The van der Waals surface area contributed by atoms with Crippen LogP contribution in [0.3, 0.4) is 0 Å². The highest BCUT2D eigenvalue weighted by molar-refractivity contribution is 7.85. The molecular weight excluding hydrogens is 1480 g/mol. The summed E-state index contributed by atoms with van der Waals surface area (Å²) in [4.78, 5) is 0. The third-order valence-corrected chi connectivity index (χ3v) is 256. The van der Waals surface area contributed by atoms with E-state index < -0.39 is 256 Å². The largest absolute Gasteiger partial charge is 0.390 e. The second-order valence-electron chi connectivity index (χ2n) is 10.6. The molecule has 0 aromatic carbocycles. The Morgan fingerprint density at radius 3 is 0.343 bits per heavy atom. The van der Waals surface area contributed by atoms with Crippen molar-refractivity contribution in [2.45, 2.75) is 0 Å². The molecule has 0 N–H and O–H groups in total. The zero-order valence-electron chi connectivity index (χ0n) is 30.5. The second kappa shape index (κ2) is 30.2. The molecule has 0 amide bonds. The van der Waals surface area contributed by atoms with Crippen molar-refractivity contribution in [3.05, 3.63) is 0 Å². The van der Waals surface area contributed by atoms with Crippen molar-refractivity contribution in [3.63, 3.8) is 0 Å². The zero-order valence-corrected chi connectivity index (χ0v) is 64.5. The van der Waals surface area contributed by atoms with E-state index in [2.05, 4.69) is 9.76 Å². The van der Waals surface area contributed by atoms with Crippen molar-refractivity contribution in [2.75, 3.05) is 0 Å². The third-order valence-electron chi connectivity index (χ3n) is 6.49. The highest BCUT2D eigenvalue weighted by Crippen LogP contribution is 1.91. The van der Waals surface area contributed by atoms with Gasteiger partial charge in [0.2, 0.25) is 0 Å². The molecule has 0 saturated heterocycles. The van der Waals surface area contributed by atoms with Crippen LogP contribution in [0, 0.1) is 0 Å². The third kappa shape index (κ3) is 17.4. The minimum absolute atomic E-state index is 1.78. The van der Waals surface area contributed by atoms with E-state index >= 15 is 0 Å². The molecule has 0 saturated carbocycles. The van der Waals surface area contributed by atoms with Gasteiger partial charge in [-0.2, -0.15) is 0 Å². The molecule has 33 nitrogen and oxygen atoms in total. The highest BCUT2D eigenvalue weighted by Gasteiger charge is 2.58. The van der Waals surface area contributed by atoms with Crippen LogP contribution in [0.4, 0.5) is 0 Å². The fourth-order valence-electron chi connectivity index (χ4n) is 3.14. The van der Waals surface area contributed by atoms with Crippen molar-refractivity contribution < 1.29 is 147 Å². The van der Waals surface area contributed by atoms with Gasteiger partial charge in [0.05, 0.1) is 9.76 Å². The van der Waals surface area contributed by atoms with E-state index in [0.29, 0.717) is 0 Å². The van der Waals surface area contributed by atoms with Gasteiger partial charge in [-0.05, 0) is 0 Å². The van der Waals surface area contributed by atoms with Crippen LogP contribution in [0.25, 0.3) is 0 Å². The van der Waals surface area contributed by atoms with Crippen LogP contribution in [-0.2, 0) is 147 Å². The van der Waals surface area contributed by atoms with Crippen LogP contribution in [0.15, 0.2) is 0 Å². The van der Waals surface area contributed by atoms with Gasteiger partial charge in [-0.25, -0.2) is 0 Å². The van der Waals surface area contributed by atoms with Crippen LogP contribution in [0.1, 0.15) is 0 Å². The molecule has 4 radical (unpaired) electrons. The fraction of sp³-hybridized carbons (Fsp3) is 0. The van der Waals surface area contributed by atoms with Crippen LogP contribution in [0.5, 0.6) is 0 Å². The molecule has 0 aromatic rings. The average Bonchev–Trinajstić information content (AvgIpc) is 3.33. The molecule has 67 heavy (non-hydrogen) atoms. The zero-order chi connectivity index (χ0) is 53.2. The molecule has 0 atom stereocenters. The molecule has 0 spiro atoms. The minimum atomic E-state index is -4.74. The number of hydrogen-bond acceptors (Lipinski definition) is 33. The maximum absolute atomic E-state index is 12.7. The molecule has 0 fully saturated rings. The van der Waals surface area contributed by atoms with Crippen molar-refractivity contribution in [1.82, 2.24) is 0 Å². The molecule has 334 valence electrons. The SMILES string of the molecule is O=[Si][Si](=O)[Si](=O)[Si](=O)[Si](=O)[Si](=O)[Si](=O)[Si](=O)[Si](=O)[Si](=O)[Si](=O)[Si](=O)[Si](=O)[Si](=O)[Si](=O)[Si](=O)[Si](=O)[Si](=O)[Si](=O)[Si](=O)[Si](=O)[Si](=O)[Si](=O)[Si](=O)[Si](=O)[Si](=O)[Si](=O)[Si](=O)[Si](=O)[Si](=O)[Si](=O)[Si](=O)[Si](=O)[Si]. The first-order valence-corrected chi connectivity index (χ1v) is 94.5. The minimum Gasteiger partial charge on any atom is -0.390 e. The van der Waals surface area contributed by atoms with E-state index in [1.54, 1.807) is 0 Å². The van der Waals surface area contributed by atoms with Gasteiger partial charge in [0.1, 0.15) is 0 Å². The van der Waals surface area contributed by atoms with Gasteiger partial charge in [0, 0.05) is 0 Å². The number of hydrogen-bond donors (Lipinski definition) is 0. The molecule has 0 aliphatic heterocycles. The van der Waals surface area contributed by atoms with Crippen molar-refractivity contribution >= 4 is 266 Å². The summed E-state index contributed by atoms with van der Waals surface area (Å²) in [5, 5.41) is 0. The van der Waals surface area contributed by atoms with E-state index in [1.807, 2.05) is 0 Å². The molecule has 0 aliphatic carbocycles. The van der Waals surface area contributed by atoms with Gasteiger partial charge in [-0.1, -0.05) is 0 Å². The molecule has 0 bridgehead atoms. The monoisotopic (exact) mass is 1480 g/mol. The van der Waals surface area contributed by atoms with E-state index in [4.69, 9.17) is 0 Å². The first-order chi connectivity index (χ1) is 30.5. The average molecular weight is 1480 g/mol. The van der Waals surface area contributed by atoms with Crippen molar-refractivity contribution in [3.8, 4) is 0 Å². The maximum Gasteiger partial charge on any atom is 0.381 e. The van der Waals surface area contributed by atoms with Crippen molar-refractivity contribution in [1.29, 1.82) is 0 Å². The van der Waals surface area contributed by atoms with Gasteiger partial charge in [0.15, 0.2) is 0 Å². The van der Waals surface area contributed by atoms with Gasteiger partial charge < -0.3 is 147 Å². The van der Waals surface area contributed by atoms with Crippen LogP contribution < -0.4 is 0 Å². The van der Waals surface area contributed by atoms with Crippen LogP contribution >= 0.6 is 0 Å². The quantitative estimate of drug-likeness (QED) is 0.0564. The standard InChI is InChI=1S/O33Si34/c1-35-37(3)39(5)41(7)43(9)45(11)47(13)49(15)51(17)53(19)55(21)57(23)59(25)61(27)63(29)65(31)67(33)66(32)64(30)62(28)60(26)58(24)56(22)54(20)52(18)50(16)48(14)46(12)44(10)42(8)40(6)38(4)36(2)34. The smallest absolute Gasteiger partial charge is 0.381 e. The van der Waals surface area contributed by atoms with E-state index in [-0.39, 0.29) is 0 Å². The summed E-state index contributed by atoms with van der Waals surface area (Å²) in [5.41, 5.74) is 0. The molecule has 0 aliphatic rings. The van der Waals surface area contributed by atoms with Gasteiger partial charge in [-0.3, -0.25) is 0 Å². The Balaban J connectivity index is 5.92. The Morgan fingerprint density at radius 1 is 0.164 bits per heavy atom. The predicted molar refractivity (Wildman–Crippen MR) is 218 cm³/mol. The Kier molecular flexibility index (Phi) is 30.6. The van der Waals surface area contributed by atoms with Crippen molar-refractivity contribution in [2.24, 2.45) is 0 Å². The summed E-state index contributed by atoms with van der Waals surface area (Å²) in [6, 6.07) is 0. The topological polar surface area (TPSA) is 563 Å². The highest BCUT2D eigenvalue weighted by atomic mass is 30.1. The Morgan fingerprint density at radius 2 is 0.254 bits per heavy atom. The first kappa shape index (κ1) is 67.8. The lowest BCUT2D eigenvalue weighted by Crippen LogP contribution is -2.57. The molecule has 67 heteroatoms. The predicted octanol–water partition coefficient (Wildman–Crippen LogP) is -16.9. The number of rotatable bonds is 32. The summed E-state index contributed by atoms with van der Waals surface area (Å²) < 4.78 is 406. The normalized spacial score (nSPS) is 9.75.